The van der Waals surface area contributed by atoms with Crippen LogP contribution in [0.3, 0.4) is 0 Å². The van der Waals surface area contributed by atoms with Crippen LogP contribution in [0.25, 0.3) is 11.4 Å². The molecule has 4 heteroatoms. The third kappa shape index (κ3) is 1.97. The molecule has 1 aromatic carbocycles. The van der Waals surface area contributed by atoms with Crippen molar-refractivity contribution in [2.45, 2.75) is 31.2 Å². The first-order chi connectivity index (χ1) is 10.2. The van der Waals surface area contributed by atoms with Crippen molar-refractivity contribution in [1.82, 2.24) is 9.55 Å². The van der Waals surface area contributed by atoms with Crippen LogP contribution in [0.2, 0.25) is 0 Å². The van der Waals surface area contributed by atoms with Gasteiger partial charge < -0.3 is 9.30 Å². The van der Waals surface area contributed by atoms with Gasteiger partial charge in [0.25, 0.3) is 0 Å². The third-order valence-electron chi connectivity index (χ3n) is 4.78. The normalized spacial score (nSPS) is 19.3. The lowest BCUT2D eigenvalue weighted by Gasteiger charge is -2.19. The van der Waals surface area contributed by atoms with Gasteiger partial charge in [-0.3, -0.25) is 0 Å². The molecular formula is C17H18N2O2. The zero-order valence-electron chi connectivity index (χ0n) is 12.1. The Balaban J connectivity index is 1.68. The molecule has 4 nitrogen and oxygen atoms in total. The van der Waals surface area contributed by atoms with Crippen LogP contribution in [0.1, 0.15) is 36.0 Å². The smallest absolute Gasteiger partial charge is 0.337 e. The Labute approximate surface area is 123 Å². The van der Waals surface area contributed by atoms with E-state index in [0.717, 1.165) is 17.3 Å². The Kier molecular flexibility index (Phi) is 2.67. The van der Waals surface area contributed by atoms with Crippen LogP contribution in [0.5, 0.6) is 0 Å². The first-order valence-corrected chi connectivity index (χ1v) is 7.47. The van der Waals surface area contributed by atoms with E-state index in [-0.39, 0.29) is 5.97 Å². The highest BCUT2D eigenvalue weighted by Crippen LogP contribution is 2.60. The minimum atomic E-state index is -0.304. The van der Waals surface area contributed by atoms with Gasteiger partial charge in [0.15, 0.2) is 0 Å². The summed E-state index contributed by atoms with van der Waals surface area (Å²) >= 11 is 0. The molecule has 0 spiro atoms. The highest BCUT2D eigenvalue weighted by molar-refractivity contribution is 5.89. The first-order valence-electron chi connectivity index (χ1n) is 7.47. The van der Waals surface area contributed by atoms with E-state index >= 15 is 0 Å². The second-order valence-corrected chi connectivity index (χ2v) is 6.07. The highest BCUT2D eigenvalue weighted by atomic mass is 16.5. The maximum atomic E-state index is 11.5. The van der Waals surface area contributed by atoms with Crippen LogP contribution >= 0.6 is 0 Å². The Morgan fingerprint density at radius 1 is 1.29 bits per heavy atom. The van der Waals surface area contributed by atoms with Crippen molar-refractivity contribution in [2.24, 2.45) is 5.92 Å². The average Bonchev–Trinajstić information content (AvgIpc) is 3.44. The fraction of sp³-hybridized carbons (Fsp3) is 0.412. The molecule has 0 bridgehead atoms. The maximum Gasteiger partial charge on any atom is 0.337 e. The molecule has 0 N–H and O–H groups in total. The van der Waals surface area contributed by atoms with Gasteiger partial charge in [-0.15, -0.1) is 0 Å². The molecule has 0 unspecified atom stereocenters. The molecule has 0 atom stereocenters. The minimum absolute atomic E-state index is 0.304. The summed E-state index contributed by atoms with van der Waals surface area (Å²) in [4.78, 5) is 16.0. The molecule has 2 saturated carbocycles. The van der Waals surface area contributed by atoms with Gasteiger partial charge in [0.1, 0.15) is 5.82 Å². The van der Waals surface area contributed by atoms with Crippen molar-refractivity contribution >= 4 is 5.97 Å². The van der Waals surface area contributed by atoms with Gasteiger partial charge in [-0.1, -0.05) is 12.1 Å². The number of benzene rings is 1. The molecule has 0 radical (unpaired) electrons. The van der Waals surface area contributed by atoms with E-state index in [0.29, 0.717) is 11.1 Å². The summed E-state index contributed by atoms with van der Waals surface area (Å²) in [7, 11) is 1.40. The average molecular weight is 282 g/mol. The number of methoxy groups -OCH3 is 1. The van der Waals surface area contributed by atoms with Gasteiger partial charge in [0, 0.05) is 23.5 Å². The number of esters is 1. The van der Waals surface area contributed by atoms with Crippen LogP contribution in [0.4, 0.5) is 0 Å². The SMILES string of the molecule is COC(=O)c1ccc(-c2nccn2C2(C3CC3)CC2)cc1. The standard InChI is InChI=1S/C17H18N2O2/c1-21-16(20)13-4-2-12(3-5-13)15-18-10-11-19(15)17(8-9-17)14-6-7-14/h2-5,10-11,14H,6-9H2,1H3. The number of carbonyl (C=O) groups excluding carboxylic acids is 1. The van der Waals surface area contributed by atoms with Gasteiger partial charge in [-0.25, -0.2) is 9.78 Å². The number of carbonyl (C=O) groups is 1. The van der Waals surface area contributed by atoms with Gasteiger partial charge in [-0.05, 0) is 43.7 Å². The van der Waals surface area contributed by atoms with Crippen molar-refractivity contribution in [3.05, 3.63) is 42.2 Å². The highest BCUT2D eigenvalue weighted by Gasteiger charge is 2.55. The Bertz CT molecular complexity index is 679. The van der Waals surface area contributed by atoms with E-state index in [1.807, 2.05) is 18.3 Å². The van der Waals surface area contributed by atoms with Crippen molar-refractivity contribution < 1.29 is 9.53 Å². The van der Waals surface area contributed by atoms with Crippen LogP contribution in [0.15, 0.2) is 36.7 Å². The van der Waals surface area contributed by atoms with Gasteiger partial charge in [0.2, 0.25) is 0 Å². The molecule has 2 aliphatic carbocycles. The molecule has 1 heterocycles. The Morgan fingerprint density at radius 3 is 2.57 bits per heavy atom. The molecule has 108 valence electrons. The molecule has 1 aromatic heterocycles. The van der Waals surface area contributed by atoms with Gasteiger partial charge >= 0.3 is 5.97 Å². The van der Waals surface area contributed by atoms with Crippen molar-refractivity contribution in [2.75, 3.05) is 7.11 Å². The molecular weight excluding hydrogens is 264 g/mol. The summed E-state index contributed by atoms with van der Waals surface area (Å²) in [5, 5.41) is 0. The molecule has 2 fully saturated rings. The number of ether oxygens (including phenoxy) is 1. The van der Waals surface area contributed by atoms with E-state index in [4.69, 9.17) is 4.74 Å². The monoisotopic (exact) mass is 282 g/mol. The summed E-state index contributed by atoms with van der Waals surface area (Å²) in [5.41, 5.74) is 1.95. The van der Waals surface area contributed by atoms with E-state index in [1.54, 1.807) is 12.1 Å². The van der Waals surface area contributed by atoms with Crippen molar-refractivity contribution in [3.63, 3.8) is 0 Å². The van der Waals surface area contributed by atoms with E-state index in [9.17, 15) is 4.79 Å². The largest absolute Gasteiger partial charge is 0.465 e. The summed E-state index contributed by atoms with van der Waals surface area (Å²) < 4.78 is 7.09. The van der Waals surface area contributed by atoms with Crippen LogP contribution in [-0.2, 0) is 10.3 Å². The van der Waals surface area contributed by atoms with Crippen LogP contribution < -0.4 is 0 Å². The Morgan fingerprint density at radius 2 is 2.00 bits per heavy atom. The number of aromatic nitrogens is 2. The van der Waals surface area contributed by atoms with Crippen LogP contribution in [-0.4, -0.2) is 22.6 Å². The lowest BCUT2D eigenvalue weighted by molar-refractivity contribution is 0.0601. The number of hydrogen-bond acceptors (Lipinski definition) is 3. The van der Waals surface area contributed by atoms with Gasteiger partial charge in [0.05, 0.1) is 12.7 Å². The molecule has 2 aromatic rings. The van der Waals surface area contributed by atoms with Crippen molar-refractivity contribution in [3.8, 4) is 11.4 Å². The minimum Gasteiger partial charge on any atom is -0.465 e. The fourth-order valence-electron chi connectivity index (χ4n) is 3.34. The molecule has 0 saturated heterocycles. The molecule has 0 amide bonds. The zero-order valence-corrected chi connectivity index (χ0v) is 12.1. The molecule has 21 heavy (non-hydrogen) atoms. The quantitative estimate of drug-likeness (QED) is 0.809. The Hall–Kier alpha value is -2.10. The molecule has 4 rings (SSSR count). The topological polar surface area (TPSA) is 44.1 Å². The second kappa shape index (κ2) is 4.45. The van der Waals surface area contributed by atoms with E-state index < -0.39 is 0 Å². The summed E-state index contributed by atoms with van der Waals surface area (Å²) in [6.07, 6.45) is 9.21. The van der Waals surface area contributed by atoms with Crippen molar-refractivity contribution in [1.29, 1.82) is 0 Å². The fourth-order valence-corrected chi connectivity index (χ4v) is 3.34. The third-order valence-corrected chi connectivity index (χ3v) is 4.78. The van der Waals surface area contributed by atoms with E-state index in [2.05, 4.69) is 15.7 Å². The van der Waals surface area contributed by atoms with Crippen LogP contribution in [0, 0.1) is 5.92 Å². The number of hydrogen-bond donors (Lipinski definition) is 0. The first kappa shape index (κ1) is 12.6. The number of imidazole rings is 1. The predicted octanol–water partition coefficient (Wildman–Crippen LogP) is 3.24. The number of nitrogens with zero attached hydrogens (tertiary/aromatic N) is 2. The summed E-state index contributed by atoms with van der Waals surface area (Å²) in [5.74, 6) is 1.54. The second-order valence-electron chi connectivity index (χ2n) is 6.07. The summed E-state index contributed by atoms with van der Waals surface area (Å²) in [6, 6.07) is 7.51. The summed E-state index contributed by atoms with van der Waals surface area (Å²) in [6.45, 7) is 0. The lowest BCUT2D eigenvalue weighted by Crippen LogP contribution is -2.19. The molecule has 2 aliphatic rings. The predicted molar refractivity (Wildman–Crippen MR) is 78.9 cm³/mol. The maximum absolute atomic E-state index is 11.5. The molecule has 0 aliphatic heterocycles. The zero-order chi connectivity index (χ0) is 14.4. The number of rotatable bonds is 4. The lowest BCUT2D eigenvalue weighted by atomic mass is 10.1. The van der Waals surface area contributed by atoms with E-state index in [1.165, 1.54) is 32.8 Å². The van der Waals surface area contributed by atoms with Gasteiger partial charge in [-0.2, -0.15) is 0 Å².